The minimum atomic E-state index is -1.05. The zero-order valence-corrected chi connectivity index (χ0v) is 16.6. The van der Waals surface area contributed by atoms with Gasteiger partial charge < -0.3 is 10.6 Å². The van der Waals surface area contributed by atoms with Crippen LogP contribution in [0.3, 0.4) is 0 Å². The number of hydrogen-bond acceptors (Lipinski definition) is 3. The van der Waals surface area contributed by atoms with Crippen molar-refractivity contribution in [2.45, 2.75) is 58.2 Å². The summed E-state index contributed by atoms with van der Waals surface area (Å²) < 4.78 is 0. The molecule has 0 unspecified atom stereocenters. The molecule has 27 heavy (non-hydrogen) atoms. The number of para-hydroxylation sites is 1. The number of imide groups is 1. The maximum absolute atomic E-state index is 13.5. The van der Waals surface area contributed by atoms with E-state index in [-0.39, 0.29) is 23.8 Å². The van der Waals surface area contributed by atoms with Gasteiger partial charge in [-0.15, -0.1) is 0 Å². The van der Waals surface area contributed by atoms with Crippen LogP contribution in [0.15, 0.2) is 24.3 Å². The summed E-state index contributed by atoms with van der Waals surface area (Å²) >= 11 is 0. The maximum atomic E-state index is 13.5. The fourth-order valence-corrected chi connectivity index (χ4v) is 5.34. The van der Waals surface area contributed by atoms with Crippen LogP contribution < -0.4 is 10.6 Å². The monoisotopic (exact) mass is 370 g/mol. The zero-order chi connectivity index (χ0) is 19.7. The molecule has 3 N–H and O–H groups in total. The second-order valence-electron chi connectivity index (χ2n) is 9.51. The van der Waals surface area contributed by atoms with Crippen LogP contribution in [0.4, 0.5) is 5.69 Å². The summed E-state index contributed by atoms with van der Waals surface area (Å²) in [4.78, 5) is 41.5. The third kappa shape index (κ3) is 2.32. The number of benzene rings is 1. The Balaban J connectivity index is 1.89. The predicted molar refractivity (Wildman–Crippen MR) is 101 cm³/mol. The van der Waals surface area contributed by atoms with Gasteiger partial charge >= 0.3 is 0 Å². The molecule has 1 aromatic rings. The minimum absolute atomic E-state index is 0.0873. The van der Waals surface area contributed by atoms with Crippen LogP contribution >= 0.6 is 0 Å². The standard InChI is InChI=1S/C21H27N3O3/c1-11(2)10-14-15-16(18(26)24(17(15)25)20(3,4)5)21(23-14)12-8-6-7-9-13(12)22-19(21)27/h6-9,11,14-16,23H,10H2,1-5H3,(H,22,27)/p+1/t14-,15-,16+,21+/m1/s1. The molecule has 4 atom stereocenters. The highest BCUT2D eigenvalue weighted by Gasteiger charge is 2.74. The van der Waals surface area contributed by atoms with E-state index in [0.29, 0.717) is 5.92 Å². The molecule has 0 aromatic heterocycles. The summed E-state index contributed by atoms with van der Waals surface area (Å²) in [6.45, 7) is 9.85. The van der Waals surface area contributed by atoms with Crippen LogP contribution in [0.1, 0.15) is 46.6 Å². The summed E-state index contributed by atoms with van der Waals surface area (Å²) in [5.41, 5.74) is -0.0742. The van der Waals surface area contributed by atoms with Gasteiger partial charge in [0.25, 0.3) is 5.91 Å². The maximum Gasteiger partial charge on any atom is 0.291 e. The number of amides is 3. The number of nitrogens with two attached hydrogens (primary N) is 1. The first-order chi connectivity index (χ1) is 12.6. The molecule has 144 valence electrons. The van der Waals surface area contributed by atoms with Crippen molar-refractivity contribution in [3.05, 3.63) is 29.8 Å². The van der Waals surface area contributed by atoms with Gasteiger partial charge in [0.15, 0.2) is 0 Å². The van der Waals surface area contributed by atoms with Gasteiger partial charge in [0.1, 0.15) is 17.9 Å². The lowest BCUT2D eigenvalue weighted by Gasteiger charge is -2.33. The Morgan fingerprint density at radius 3 is 2.44 bits per heavy atom. The number of anilines is 1. The number of nitrogens with one attached hydrogen (secondary N) is 1. The molecule has 1 spiro atoms. The van der Waals surface area contributed by atoms with Crippen LogP contribution in [0, 0.1) is 17.8 Å². The van der Waals surface area contributed by atoms with Crippen molar-refractivity contribution in [3.8, 4) is 0 Å². The predicted octanol–water partition coefficient (Wildman–Crippen LogP) is 1.23. The Bertz CT molecular complexity index is 841. The average Bonchev–Trinajstić information content (AvgIpc) is 3.12. The summed E-state index contributed by atoms with van der Waals surface area (Å²) in [5.74, 6) is -1.27. The highest BCUT2D eigenvalue weighted by atomic mass is 16.2. The second kappa shape index (κ2) is 5.64. The van der Waals surface area contributed by atoms with E-state index in [0.717, 1.165) is 17.7 Å². The Morgan fingerprint density at radius 1 is 1.15 bits per heavy atom. The number of nitrogens with zero attached hydrogens (tertiary/aromatic N) is 1. The molecule has 4 rings (SSSR count). The highest BCUT2D eigenvalue weighted by molar-refractivity contribution is 6.14. The first kappa shape index (κ1) is 18.2. The molecule has 3 aliphatic rings. The fourth-order valence-electron chi connectivity index (χ4n) is 5.34. The molecule has 6 nitrogen and oxygen atoms in total. The van der Waals surface area contributed by atoms with Crippen molar-refractivity contribution in [1.29, 1.82) is 0 Å². The molecule has 0 bridgehead atoms. The van der Waals surface area contributed by atoms with E-state index < -0.39 is 22.9 Å². The molecule has 3 heterocycles. The lowest BCUT2D eigenvalue weighted by molar-refractivity contribution is -0.734. The number of rotatable bonds is 2. The van der Waals surface area contributed by atoms with Crippen molar-refractivity contribution >= 4 is 23.4 Å². The third-order valence-corrected chi connectivity index (χ3v) is 6.19. The molecule has 6 heteroatoms. The molecule has 2 saturated heterocycles. The van der Waals surface area contributed by atoms with Gasteiger partial charge in [-0.05, 0) is 32.8 Å². The summed E-state index contributed by atoms with van der Waals surface area (Å²) in [6, 6.07) is 7.46. The summed E-state index contributed by atoms with van der Waals surface area (Å²) in [7, 11) is 0. The molecule has 0 aliphatic carbocycles. The summed E-state index contributed by atoms with van der Waals surface area (Å²) in [6.07, 6.45) is 0.787. The number of quaternary nitrogens is 1. The Labute approximate surface area is 159 Å². The van der Waals surface area contributed by atoms with Gasteiger partial charge in [0, 0.05) is 17.5 Å². The van der Waals surface area contributed by atoms with E-state index in [1.165, 1.54) is 4.90 Å². The molecule has 3 amide bonds. The van der Waals surface area contributed by atoms with Crippen LogP contribution in [0.25, 0.3) is 0 Å². The van der Waals surface area contributed by atoms with E-state index >= 15 is 0 Å². The van der Waals surface area contributed by atoms with Crippen molar-refractivity contribution in [2.24, 2.45) is 17.8 Å². The van der Waals surface area contributed by atoms with E-state index in [2.05, 4.69) is 19.2 Å². The van der Waals surface area contributed by atoms with Gasteiger partial charge in [0.05, 0.1) is 5.69 Å². The van der Waals surface area contributed by atoms with Gasteiger partial charge in [-0.2, -0.15) is 0 Å². The van der Waals surface area contributed by atoms with E-state index in [1.54, 1.807) is 0 Å². The average molecular weight is 370 g/mol. The highest BCUT2D eigenvalue weighted by Crippen LogP contribution is 2.50. The van der Waals surface area contributed by atoms with Crippen LogP contribution in [0.5, 0.6) is 0 Å². The molecule has 1 aromatic carbocycles. The largest absolute Gasteiger partial charge is 0.326 e. The molecular weight excluding hydrogens is 342 g/mol. The van der Waals surface area contributed by atoms with Crippen molar-refractivity contribution in [1.82, 2.24) is 4.90 Å². The Hall–Kier alpha value is -2.21. The van der Waals surface area contributed by atoms with Gasteiger partial charge in [-0.3, -0.25) is 19.3 Å². The normalized spacial score (nSPS) is 32.4. The number of hydrogen-bond donors (Lipinski definition) is 2. The number of carbonyl (C=O) groups excluding carboxylic acids is 3. The third-order valence-electron chi connectivity index (χ3n) is 6.19. The van der Waals surface area contributed by atoms with Gasteiger partial charge in [-0.25, -0.2) is 0 Å². The quantitative estimate of drug-likeness (QED) is 0.768. The molecule has 2 fully saturated rings. The molecular formula is C21H28N3O3+. The lowest BCUT2D eigenvalue weighted by atomic mass is 9.76. The van der Waals surface area contributed by atoms with Gasteiger partial charge in [-0.1, -0.05) is 32.0 Å². The fraction of sp³-hybridized carbons (Fsp3) is 0.571. The van der Waals surface area contributed by atoms with E-state index in [4.69, 9.17) is 0 Å². The van der Waals surface area contributed by atoms with Crippen molar-refractivity contribution in [2.75, 3.05) is 5.32 Å². The van der Waals surface area contributed by atoms with Crippen LogP contribution in [-0.4, -0.2) is 34.2 Å². The minimum Gasteiger partial charge on any atom is -0.326 e. The van der Waals surface area contributed by atoms with Crippen LogP contribution in [-0.2, 0) is 19.9 Å². The Morgan fingerprint density at radius 2 is 1.81 bits per heavy atom. The summed E-state index contributed by atoms with van der Waals surface area (Å²) in [5, 5.41) is 4.97. The Kier molecular flexibility index (Phi) is 3.80. The van der Waals surface area contributed by atoms with E-state index in [1.807, 2.05) is 50.4 Å². The van der Waals surface area contributed by atoms with E-state index in [9.17, 15) is 14.4 Å². The topological polar surface area (TPSA) is 83.1 Å². The van der Waals surface area contributed by atoms with Crippen molar-refractivity contribution in [3.63, 3.8) is 0 Å². The molecule has 0 radical (unpaired) electrons. The zero-order valence-electron chi connectivity index (χ0n) is 16.6. The SMILES string of the molecule is CC(C)C[C@H]1[NH2+][C@]2(C(=O)Nc3ccccc32)[C@@H]2C(=O)N(C(C)(C)C)C(=O)[C@@H]21. The van der Waals surface area contributed by atoms with Gasteiger partial charge in [0.2, 0.25) is 17.4 Å². The van der Waals surface area contributed by atoms with Crippen LogP contribution in [0.2, 0.25) is 0 Å². The number of likely N-dealkylation sites (tertiary alicyclic amines) is 1. The molecule has 0 saturated carbocycles. The lowest BCUT2D eigenvalue weighted by Crippen LogP contribution is -2.99. The smallest absolute Gasteiger partial charge is 0.291 e. The second-order valence-corrected chi connectivity index (χ2v) is 9.51. The number of fused-ring (bicyclic) bond motifs is 4. The molecule has 3 aliphatic heterocycles. The first-order valence-electron chi connectivity index (χ1n) is 9.74. The van der Waals surface area contributed by atoms with Crippen molar-refractivity contribution < 1.29 is 19.7 Å². The number of carbonyl (C=O) groups is 3. The first-order valence-corrected chi connectivity index (χ1v) is 9.74.